The summed E-state index contributed by atoms with van der Waals surface area (Å²) in [5.74, 6) is 0.730. The van der Waals surface area contributed by atoms with Crippen LogP contribution in [0.5, 0.6) is 0 Å². The first kappa shape index (κ1) is 12.9. The highest BCUT2D eigenvalue weighted by Gasteiger charge is 2.25. The summed E-state index contributed by atoms with van der Waals surface area (Å²) < 4.78 is 0. The predicted octanol–water partition coefficient (Wildman–Crippen LogP) is 2.39. The molecule has 0 aromatic carbocycles. The molecule has 4 heteroatoms. The maximum atomic E-state index is 12.1. The largest absolute Gasteiger partial charge is 0.384 e. The molecule has 1 aromatic heterocycles. The van der Waals surface area contributed by atoms with Gasteiger partial charge in [0.1, 0.15) is 5.69 Å². The van der Waals surface area contributed by atoms with Crippen LogP contribution in [-0.4, -0.2) is 35.9 Å². The molecule has 0 saturated heterocycles. The van der Waals surface area contributed by atoms with E-state index in [0.29, 0.717) is 11.6 Å². The van der Waals surface area contributed by atoms with E-state index in [9.17, 15) is 4.79 Å². The highest BCUT2D eigenvalue weighted by molar-refractivity contribution is 5.92. The highest BCUT2D eigenvalue weighted by atomic mass is 16.2. The SMILES string of the molecule is CCCNc1ccc(C(=O)N(C)CC2CC2)nc1. The van der Waals surface area contributed by atoms with Gasteiger partial charge in [0.25, 0.3) is 5.91 Å². The first-order valence-corrected chi connectivity index (χ1v) is 6.66. The predicted molar refractivity (Wildman–Crippen MR) is 72.7 cm³/mol. The number of hydrogen-bond donors (Lipinski definition) is 1. The zero-order valence-corrected chi connectivity index (χ0v) is 11.1. The molecule has 4 nitrogen and oxygen atoms in total. The van der Waals surface area contributed by atoms with E-state index in [1.165, 1.54) is 12.8 Å². The van der Waals surface area contributed by atoms with Gasteiger partial charge >= 0.3 is 0 Å². The molecule has 1 aliphatic rings. The quantitative estimate of drug-likeness (QED) is 0.839. The Morgan fingerprint density at radius 3 is 2.83 bits per heavy atom. The van der Waals surface area contributed by atoms with E-state index in [-0.39, 0.29) is 5.91 Å². The molecule has 2 rings (SSSR count). The standard InChI is InChI=1S/C14H21N3O/c1-3-8-15-12-6-7-13(16-9-12)14(18)17(2)10-11-4-5-11/h6-7,9,11,15H,3-5,8,10H2,1-2H3. The lowest BCUT2D eigenvalue weighted by Crippen LogP contribution is -2.29. The van der Waals surface area contributed by atoms with E-state index in [4.69, 9.17) is 0 Å². The topological polar surface area (TPSA) is 45.2 Å². The Bertz CT molecular complexity index is 398. The Hall–Kier alpha value is -1.58. The fourth-order valence-electron chi connectivity index (χ4n) is 1.86. The van der Waals surface area contributed by atoms with Crippen molar-refractivity contribution in [2.24, 2.45) is 5.92 Å². The molecule has 1 N–H and O–H groups in total. The first-order chi connectivity index (χ1) is 8.70. The third-order valence-electron chi connectivity index (χ3n) is 3.14. The smallest absolute Gasteiger partial charge is 0.272 e. The molecule has 1 amide bonds. The van der Waals surface area contributed by atoms with Crippen LogP contribution in [0.2, 0.25) is 0 Å². The maximum Gasteiger partial charge on any atom is 0.272 e. The molecule has 18 heavy (non-hydrogen) atoms. The average Bonchev–Trinajstić information content (AvgIpc) is 3.20. The number of nitrogens with zero attached hydrogens (tertiary/aromatic N) is 2. The first-order valence-electron chi connectivity index (χ1n) is 6.66. The summed E-state index contributed by atoms with van der Waals surface area (Å²) in [6.45, 7) is 3.90. The Kier molecular flexibility index (Phi) is 4.18. The van der Waals surface area contributed by atoms with Crippen LogP contribution in [0.4, 0.5) is 5.69 Å². The summed E-state index contributed by atoms with van der Waals surface area (Å²) in [6.07, 6.45) is 5.31. The van der Waals surface area contributed by atoms with Crippen molar-refractivity contribution in [2.75, 3.05) is 25.5 Å². The minimum Gasteiger partial charge on any atom is -0.384 e. The van der Waals surface area contributed by atoms with Gasteiger partial charge in [-0.15, -0.1) is 0 Å². The van der Waals surface area contributed by atoms with Gasteiger partial charge in [0.2, 0.25) is 0 Å². The molecular weight excluding hydrogens is 226 g/mol. The summed E-state index contributed by atoms with van der Waals surface area (Å²) in [5, 5.41) is 3.24. The molecular formula is C14H21N3O. The van der Waals surface area contributed by atoms with Gasteiger partial charge in [-0.25, -0.2) is 4.98 Å². The summed E-state index contributed by atoms with van der Waals surface area (Å²) >= 11 is 0. The van der Waals surface area contributed by atoms with Gasteiger partial charge in [-0.2, -0.15) is 0 Å². The second-order valence-corrected chi connectivity index (χ2v) is 4.99. The number of amides is 1. The van der Waals surface area contributed by atoms with Gasteiger partial charge in [0.05, 0.1) is 11.9 Å². The third kappa shape index (κ3) is 3.45. The van der Waals surface area contributed by atoms with E-state index in [1.807, 2.05) is 13.1 Å². The van der Waals surface area contributed by atoms with E-state index in [2.05, 4.69) is 17.2 Å². The van der Waals surface area contributed by atoms with E-state index in [0.717, 1.165) is 25.2 Å². The van der Waals surface area contributed by atoms with E-state index >= 15 is 0 Å². The molecule has 1 heterocycles. The van der Waals surface area contributed by atoms with Gasteiger partial charge in [-0.3, -0.25) is 4.79 Å². The van der Waals surface area contributed by atoms with E-state index < -0.39 is 0 Å². The normalized spacial score (nSPS) is 14.3. The molecule has 1 aromatic rings. The maximum absolute atomic E-state index is 12.1. The van der Waals surface area contributed by atoms with Crippen molar-refractivity contribution in [3.05, 3.63) is 24.0 Å². The molecule has 0 aliphatic heterocycles. The van der Waals surface area contributed by atoms with Crippen LogP contribution in [0.25, 0.3) is 0 Å². The van der Waals surface area contributed by atoms with Crippen molar-refractivity contribution in [1.29, 1.82) is 0 Å². The number of hydrogen-bond acceptors (Lipinski definition) is 3. The van der Waals surface area contributed by atoms with Gasteiger partial charge in [0, 0.05) is 20.1 Å². The Morgan fingerprint density at radius 2 is 2.28 bits per heavy atom. The average molecular weight is 247 g/mol. The molecule has 0 unspecified atom stereocenters. The minimum absolute atomic E-state index is 0.0175. The van der Waals surface area contributed by atoms with Crippen molar-refractivity contribution >= 4 is 11.6 Å². The zero-order valence-electron chi connectivity index (χ0n) is 11.1. The second-order valence-electron chi connectivity index (χ2n) is 4.99. The van der Waals surface area contributed by atoms with Crippen LogP contribution in [0.1, 0.15) is 36.7 Å². The molecule has 0 atom stereocenters. The fourth-order valence-corrected chi connectivity index (χ4v) is 1.86. The zero-order chi connectivity index (χ0) is 13.0. The number of anilines is 1. The monoisotopic (exact) mass is 247 g/mol. The van der Waals surface area contributed by atoms with Gasteiger partial charge in [-0.1, -0.05) is 6.92 Å². The lowest BCUT2D eigenvalue weighted by Gasteiger charge is -2.16. The summed E-state index contributed by atoms with van der Waals surface area (Å²) in [6, 6.07) is 3.71. The Morgan fingerprint density at radius 1 is 1.50 bits per heavy atom. The second kappa shape index (κ2) is 5.85. The summed E-state index contributed by atoms with van der Waals surface area (Å²) in [7, 11) is 1.85. The molecule has 98 valence electrons. The lowest BCUT2D eigenvalue weighted by molar-refractivity contribution is 0.0783. The minimum atomic E-state index is 0.0175. The number of aromatic nitrogens is 1. The van der Waals surface area contributed by atoms with Crippen molar-refractivity contribution in [3.8, 4) is 0 Å². The Labute approximate surface area is 108 Å². The highest BCUT2D eigenvalue weighted by Crippen LogP contribution is 2.29. The number of nitrogens with one attached hydrogen (secondary N) is 1. The van der Waals surface area contributed by atoms with E-state index in [1.54, 1.807) is 17.2 Å². The van der Waals surface area contributed by atoms with Crippen LogP contribution in [0.3, 0.4) is 0 Å². The number of carbonyl (C=O) groups is 1. The van der Waals surface area contributed by atoms with Crippen LogP contribution >= 0.6 is 0 Å². The molecule has 1 fully saturated rings. The molecule has 0 bridgehead atoms. The number of carbonyl (C=O) groups excluding carboxylic acids is 1. The van der Waals surface area contributed by atoms with Gasteiger partial charge < -0.3 is 10.2 Å². The van der Waals surface area contributed by atoms with Gasteiger partial charge in [0.15, 0.2) is 0 Å². The molecule has 1 saturated carbocycles. The Balaban J connectivity index is 1.92. The van der Waals surface area contributed by atoms with Gasteiger partial charge in [-0.05, 0) is 37.3 Å². The van der Waals surface area contributed by atoms with Crippen LogP contribution in [-0.2, 0) is 0 Å². The molecule has 0 radical (unpaired) electrons. The number of rotatable bonds is 6. The van der Waals surface area contributed by atoms with Crippen molar-refractivity contribution < 1.29 is 4.79 Å². The third-order valence-corrected chi connectivity index (χ3v) is 3.14. The van der Waals surface area contributed by atoms with Crippen molar-refractivity contribution in [3.63, 3.8) is 0 Å². The molecule has 0 spiro atoms. The van der Waals surface area contributed by atoms with Crippen LogP contribution in [0.15, 0.2) is 18.3 Å². The van der Waals surface area contributed by atoms with Crippen molar-refractivity contribution in [1.82, 2.24) is 9.88 Å². The summed E-state index contributed by atoms with van der Waals surface area (Å²) in [4.78, 5) is 18.1. The lowest BCUT2D eigenvalue weighted by atomic mass is 10.3. The van der Waals surface area contributed by atoms with Crippen LogP contribution < -0.4 is 5.32 Å². The summed E-state index contributed by atoms with van der Waals surface area (Å²) in [5.41, 5.74) is 1.50. The number of pyridine rings is 1. The van der Waals surface area contributed by atoms with Crippen molar-refractivity contribution in [2.45, 2.75) is 26.2 Å². The van der Waals surface area contributed by atoms with Crippen LogP contribution in [0, 0.1) is 5.92 Å². The molecule has 1 aliphatic carbocycles. The fraction of sp³-hybridized carbons (Fsp3) is 0.571.